The number of hydrogen-bond donors (Lipinski definition) is 2. The Morgan fingerprint density at radius 1 is 1.07 bits per heavy atom. The highest BCUT2D eigenvalue weighted by Gasteiger charge is 2.18. The normalized spacial score (nSPS) is 11.5. The van der Waals surface area contributed by atoms with E-state index >= 15 is 0 Å². The average Bonchev–Trinajstić information content (AvgIpc) is 3.18. The van der Waals surface area contributed by atoms with E-state index in [0.29, 0.717) is 5.69 Å². The second-order valence-electron chi connectivity index (χ2n) is 5.49. The number of carbonyl (C=O) groups is 2. The number of rotatable bonds is 5. The van der Waals surface area contributed by atoms with Crippen molar-refractivity contribution in [3.8, 4) is 11.4 Å². The second-order valence-corrected chi connectivity index (χ2v) is 5.49. The van der Waals surface area contributed by atoms with E-state index in [4.69, 9.17) is 4.74 Å². The van der Waals surface area contributed by atoms with E-state index < -0.39 is 23.7 Å². The first kappa shape index (κ1) is 18.1. The number of halogens is 1. The Kier molecular flexibility index (Phi) is 5.41. The van der Waals surface area contributed by atoms with Crippen molar-refractivity contribution in [2.24, 2.45) is 0 Å². The summed E-state index contributed by atoms with van der Waals surface area (Å²) in [5, 5.41) is 8.04. The molecule has 1 atom stereocenters. The van der Waals surface area contributed by atoms with Gasteiger partial charge in [0.05, 0.1) is 11.9 Å². The van der Waals surface area contributed by atoms with Crippen LogP contribution in [0.15, 0.2) is 60.8 Å². The molecule has 3 aromatic rings. The molecule has 2 N–H and O–H groups in total. The van der Waals surface area contributed by atoms with Gasteiger partial charge in [-0.05, 0) is 31.2 Å². The van der Waals surface area contributed by atoms with Gasteiger partial charge in [0.25, 0.3) is 11.8 Å². The molecule has 8 nitrogen and oxygen atoms in total. The van der Waals surface area contributed by atoms with Gasteiger partial charge in [0.1, 0.15) is 0 Å². The largest absolute Gasteiger partial charge is 0.478 e. The molecular formula is C18H16FN5O3. The molecule has 0 aliphatic heterocycles. The topological polar surface area (TPSA) is 98.1 Å². The van der Waals surface area contributed by atoms with Crippen LogP contribution in [0.25, 0.3) is 5.69 Å². The summed E-state index contributed by atoms with van der Waals surface area (Å²) < 4.78 is 18.8. The van der Waals surface area contributed by atoms with E-state index in [1.165, 1.54) is 36.1 Å². The summed E-state index contributed by atoms with van der Waals surface area (Å²) >= 11 is 0. The maximum absolute atomic E-state index is 13.5. The summed E-state index contributed by atoms with van der Waals surface area (Å²) in [4.78, 5) is 25.4. The fourth-order valence-corrected chi connectivity index (χ4v) is 2.12. The molecule has 0 fully saturated rings. The van der Waals surface area contributed by atoms with Crippen LogP contribution in [0.1, 0.15) is 17.4 Å². The zero-order valence-electron chi connectivity index (χ0n) is 14.3. The maximum Gasteiger partial charge on any atom is 0.291 e. The SMILES string of the molecule is CC(Oc1ccccc1F)C(=O)NNC(=O)c1cnn(-c2ccccc2)n1. The number of carbonyl (C=O) groups excluding carboxylic acids is 2. The zero-order valence-corrected chi connectivity index (χ0v) is 14.3. The quantitative estimate of drug-likeness (QED) is 0.666. The van der Waals surface area contributed by atoms with Crippen molar-refractivity contribution in [3.63, 3.8) is 0 Å². The number of nitrogens with one attached hydrogen (secondary N) is 2. The summed E-state index contributed by atoms with van der Waals surface area (Å²) in [5.41, 5.74) is 5.13. The fourth-order valence-electron chi connectivity index (χ4n) is 2.12. The Morgan fingerprint density at radius 2 is 1.78 bits per heavy atom. The summed E-state index contributed by atoms with van der Waals surface area (Å²) in [7, 11) is 0. The molecule has 27 heavy (non-hydrogen) atoms. The Hall–Kier alpha value is -3.75. The van der Waals surface area contributed by atoms with Crippen LogP contribution >= 0.6 is 0 Å². The van der Waals surface area contributed by atoms with Crippen LogP contribution < -0.4 is 15.6 Å². The minimum Gasteiger partial charge on any atom is -0.478 e. The predicted molar refractivity (Wildman–Crippen MR) is 93.5 cm³/mol. The third-order valence-corrected chi connectivity index (χ3v) is 3.52. The number of hydrazine groups is 1. The molecule has 1 heterocycles. The third kappa shape index (κ3) is 4.46. The van der Waals surface area contributed by atoms with Gasteiger partial charge in [0.2, 0.25) is 0 Å². The van der Waals surface area contributed by atoms with Gasteiger partial charge in [0, 0.05) is 0 Å². The Bertz CT molecular complexity index is 945. The number of para-hydroxylation sites is 2. The predicted octanol–water partition coefficient (Wildman–Crippen LogP) is 1.63. The van der Waals surface area contributed by atoms with Gasteiger partial charge in [0.15, 0.2) is 23.4 Å². The molecule has 0 saturated heterocycles. The lowest BCUT2D eigenvalue weighted by Crippen LogP contribution is -2.47. The summed E-state index contributed by atoms with van der Waals surface area (Å²) in [6.07, 6.45) is 0.246. The van der Waals surface area contributed by atoms with Gasteiger partial charge >= 0.3 is 0 Å². The lowest BCUT2D eigenvalue weighted by Gasteiger charge is -2.15. The minimum absolute atomic E-state index is 0.0156. The number of aromatic nitrogens is 3. The first-order chi connectivity index (χ1) is 13.0. The lowest BCUT2D eigenvalue weighted by molar-refractivity contribution is -0.128. The first-order valence-electron chi connectivity index (χ1n) is 8.04. The summed E-state index contributed by atoms with van der Waals surface area (Å²) in [6, 6.07) is 14.8. The van der Waals surface area contributed by atoms with E-state index in [2.05, 4.69) is 21.0 Å². The molecule has 0 spiro atoms. The van der Waals surface area contributed by atoms with Crippen molar-refractivity contribution in [2.45, 2.75) is 13.0 Å². The van der Waals surface area contributed by atoms with Crippen LogP contribution in [0.4, 0.5) is 4.39 Å². The molecule has 0 radical (unpaired) electrons. The second kappa shape index (κ2) is 8.09. The molecule has 2 aromatic carbocycles. The van der Waals surface area contributed by atoms with Gasteiger partial charge in [-0.15, -0.1) is 5.10 Å². The van der Waals surface area contributed by atoms with Crippen molar-refractivity contribution in [2.75, 3.05) is 0 Å². The third-order valence-electron chi connectivity index (χ3n) is 3.52. The molecule has 0 aliphatic carbocycles. The Labute approximate surface area is 153 Å². The molecule has 9 heteroatoms. The Morgan fingerprint density at radius 3 is 2.52 bits per heavy atom. The highest BCUT2D eigenvalue weighted by molar-refractivity contribution is 5.93. The number of hydrogen-bond acceptors (Lipinski definition) is 5. The summed E-state index contributed by atoms with van der Waals surface area (Å²) in [6.45, 7) is 1.43. The number of nitrogens with zero attached hydrogens (tertiary/aromatic N) is 3. The van der Waals surface area contributed by atoms with Crippen LogP contribution in [0.2, 0.25) is 0 Å². The van der Waals surface area contributed by atoms with Crippen molar-refractivity contribution in [3.05, 3.63) is 72.3 Å². The van der Waals surface area contributed by atoms with E-state index in [0.717, 1.165) is 0 Å². The van der Waals surface area contributed by atoms with Gasteiger partial charge in [-0.25, -0.2) is 4.39 Å². The van der Waals surface area contributed by atoms with Crippen LogP contribution in [-0.4, -0.2) is 32.9 Å². The highest BCUT2D eigenvalue weighted by atomic mass is 19.1. The van der Waals surface area contributed by atoms with Crippen LogP contribution in [0, 0.1) is 5.82 Å². The van der Waals surface area contributed by atoms with E-state index in [1.807, 2.05) is 18.2 Å². The molecule has 1 unspecified atom stereocenters. The summed E-state index contributed by atoms with van der Waals surface area (Å²) in [5.74, 6) is -1.94. The van der Waals surface area contributed by atoms with E-state index in [-0.39, 0.29) is 11.4 Å². The average molecular weight is 369 g/mol. The van der Waals surface area contributed by atoms with E-state index in [1.54, 1.807) is 18.2 Å². The van der Waals surface area contributed by atoms with Gasteiger partial charge < -0.3 is 4.74 Å². The van der Waals surface area contributed by atoms with Crippen LogP contribution in [0.3, 0.4) is 0 Å². The monoisotopic (exact) mass is 369 g/mol. The standard InChI is InChI=1S/C18H16FN5O3/c1-12(27-16-10-6-5-9-14(16)19)17(25)21-22-18(26)15-11-20-24(23-15)13-7-3-2-4-8-13/h2-12H,1H3,(H,21,25)(H,22,26). The first-order valence-corrected chi connectivity index (χ1v) is 8.04. The lowest BCUT2D eigenvalue weighted by atomic mass is 10.3. The van der Waals surface area contributed by atoms with Gasteiger partial charge in [-0.2, -0.15) is 9.90 Å². The molecule has 0 saturated carbocycles. The van der Waals surface area contributed by atoms with Crippen LogP contribution in [0.5, 0.6) is 5.75 Å². The molecule has 0 aliphatic rings. The van der Waals surface area contributed by atoms with Crippen molar-refractivity contribution in [1.29, 1.82) is 0 Å². The van der Waals surface area contributed by atoms with Crippen molar-refractivity contribution < 1.29 is 18.7 Å². The number of ether oxygens (including phenoxy) is 1. The van der Waals surface area contributed by atoms with Gasteiger partial charge in [-0.1, -0.05) is 30.3 Å². The fraction of sp³-hybridized carbons (Fsp3) is 0.111. The molecule has 3 rings (SSSR count). The zero-order chi connectivity index (χ0) is 19.2. The smallest absolute Gasteiger partial charge is 0.291 e. The van der Waals surface area contributed by atoms with Crippen LogP contribution in [-0.2, 0) is 4.79 Å². The molecule has 138 valence electrons. The van der Waals surface area contributed by atoms with E-state index in [9.17, 15) is 14.0 Å². The molecule has 2 amide bonds. The maximum atomic E-state index is 13.5. The number of benzene rings is 2. The van der Waals surface area contributed by atoms with Gasteiger partial charge in [-0.3, -0.25) is 20.4 Å². The minimum atomic E-state index is -1.03. The van der Waals surface area contributed by atoms with Crippen molar-refractivity contribution >= 4 is 11.8 Å². The Balaban J connectivity index is 1.55. The van der Waals surface area contributed by atoms with Crippen molar-refractivity contribution in [1.82, 2.24) is 25.8 Å². The highest BCUT2D eigenvalue weighted by Crippen LogP contribution is 2.16. The molecular weight excluding hydrogens is 353 g/mol. The molecule has 1 aromatic heterocycles. The molecule has 0 bridgehead atoms. The number of amides is 2.